The fraction of sp³-hybridized carbons (Fsp3) is 0.318. The number of nitrogens with one attached hydrogen (secondary N) is 2. The van der Waals surface area contributed by atoms with Crippen molar-refractivity contribution in [2.24, 2.45) is 0 Å². The molecule has 6 heteroatoms. The van der Waals surface area contributed by atoms with Gasteiger partial charge in [-0.2, -0.15) is 0 Å². The number of anilines is 1. The molecule has 1 heterocycles. The second-order valence-corrected chi connectivity index (χ2v) is 7.24. The van der Waals surface area contributed by atoms with E-state index in [2.05, 4.69) is 16.7 Å². The minimum atomic E-state index is -0.304. The number of amides is 3. The van der Waals surface area contributed by atoms with Crippen LogP contribution in [0.25, 0.3) is 0 Å². The lowest BCUT2D eigenvalue weighted by Crippen LogP contribution is -2.38. The average Bonchev–Trinajstić information content (AvgIpc) is 3.33. The molecule has 0 saturated carbocycles. The Balaban J connectivity index is 1.29. The summed E-state index contributed by atoms with van der Waals surface area (Å²) in [6.07, 6.45) is 3.28. The standard InChI is InChI=1S/C22H23N3O3/c26-20(24-19-12-9-15-4-1-2-5-18(15)19)14-23-22(28)16-7-10-17(11-8-16)25-13-3-6-21(25)27/h1-2,4-5,7-8,10-11,19H,3,6,9,12-14H2,(H,23,28)(H,24,26). The number of nitrogens with zero attached hydrogens (tertiary/aromatic N) is 1. The van der Waals surface area contributed by atoms with E-state index in [4.69, 9.17) is 0 Å². The van der Waals surface area contributed by atoms with E-state index in [9.17, 15) is 14.4 Å². The summed E-state index contributed by atoms with van der Waals surface area (Å²) in [7, 11) is 0. The van der Waals surface area contributed by atoms with E-state index in [-0.39, 0.29) is 30.3 Å². The summed E-state index contributed by atoms with van der Waals surface area (Å²) in [4.78, 5) is 38.1. The van der Waals surface area contributed by atoms with Crippen LogP contribution in [0.5, 0.6) is 0 Å². The van der Waals surface area contributed by atoms with Crippen LogP contribution in [0.1, 0.15) is 46.8 Å². The molecular weight excluding hydrogens is 354 g/mol. The first-order valence-electron chi connectivity index (χ1n) is 9.67. The van der Waals surface area contributed by atoms with Crippen molar-refractivity contribution >= 4 is 23.4 Å². The van der Waals surface area contributed by atoms with Gasteiger partial charge in [0.15, 0.2) is 0 Å². The van der Waals surface area contributed by atoms with Gasteiger partial charge in [0.2, 0.25) is 11.8 Å². The Morgan fingerprint density at radius 3 is 2.57 bits per heavy atom. The smallest absolute Gasteiger partial charge is 0.251 e. The third kappa shape index (κ3) is 3.76. The van der Waals surface area contributed by atoms with Gasteiger partial charge in [-0.25, -0.2) is 0 Å². The molecule has 1 unspecified atom stereocenters. The van der Waals surface area contributed by atoms with E-state index in [0.717, 1.165) is 37.1 Å². The maximum absolute atomic E-state index is 12.3. The van der Waals surface area contributed by atoms with Gasteiger partial charge in [-0.1, -0.05) is 24.3 Å². The molecule has 2 aliphatic rings. The van der Waals surface area contributed by atoms with Gasteiger partial charge in [0.25, 0.3) is 5.91 Å². The zero-order valence-electron chi connectivity index (χ0n) is 15.6. The highest BCUT2D eigenvalue weighted by molar-refractivity contribution is 5.98. The van der Waals surface area contributed by atoms with Gasteiger partial charge in [0.1, 0.15) is 0 Å². The van der Waals surface area contributed by atoms with Crippen LogP contribution in [0.15, 0.2) is 48.5 Å². The van der Waals surface area contributed by atoms with E-state index in [1.54, 1.807) is 29.2 Å². The van der Waals surface area contributed by atoms with Crippen molar-refractivity contribution in [2.45, 2.75) is 31.7 Å². The van der Waals surface area contributed by atoms with Crippen LogP contribution in [0.2, 0.25) is 0 Å². The molecule has 28 heavy (non-hydrogen) atoms. The minimum Gasteiger partial charge on any atom is -0.348 e. The SMILES string of the molecule is O=C(CNC(=O)c1ccc(N2CCCC2=O)cc1)NC1CCc2ccccc21. The Morgan fingerprint density at radius 1 is 1.04 bits per heavy atom. The molecule has 0 spiro atoms. The lowest BCUT2D eigenvalue weighted by Gasteiger charge is -2.16. The van der Waals surface area contributed by atoms with Gasteiger partial charge in [-0.3, -0.25) is 14.4 Å². The molecule has 0 bridgehead atoms. The predicted molar refractivity (Wildman–Crippen MR) is 106 cm³/mol. The molecule has 1 fully saturated rings. The molecule has 0 aromatic heterocycles. The summed E-state index contributed by atoms with van der Waals surface area (Å²) in [6.45, 7) is 0.651. The summed E-state index contributed by atoms with van der Waals surface area (Å²) < 4.78 is 0. The van der Waals surface area contributed by atoms with Gasteiger partial charge in [-0.15, -0.1) is 0 Å². The summed E-state index contributed by atoms with van der Waals surface area (Å²) >= 11 is 0. The molecule has 6 nitrogen and oxygen atoms in total. The molecule has 2 aromatic rings. The van der Waals surface area contributed by atoms with Gasteiger partial charge in [-0.05, 0) is 54.7 Å². The second-order valence-electron chi connectivity index (χ2n) is 7.24. The molecule has 0 radical (unpaired) electrons. The van der Waals surface area contributed by atoms with Gasteiger partial charge >= 0.3 is 0 Å². The van der Waals surface area contributed by atoms with E-state index in [0.29, 0.717) is 12.0 Å². The van der Waals surface area contributed by atoms with E-state index in [1.807, 2.05) is 18.2 Å². The van der Waals surface area contributed by atoms with Crippen molar-refractivity contribution in [3.8, 4) is 0 Å². The highest BCUT2D eigenvalue weighted by atomic mass is 16.2. The molecule has 2 aromatic carbocycles. The summed E-state index contributed by atoms with van der Waals surface area (Å²) in [5.41, 5.74) is 3.70. The number of aryl methyl sites for hydroxylation is 1. The Morgan fingerprint density at radius 2 is 1.82 bits per heavy atom. The van der Waals surface area contributed by atoms with Crippen LogP contribution in [-0.2, 0) is 16.0 Å². The third-order valence-electron chi connectivity index (χ3n) is 5.39. The first-order valence-corrected chi connectivity index (χ1v) is 9.67. The maximum atomic E-state index is 12.3. The fourth-order valence-corrected chi connectivity index (χ4v) is 3.93. The summed E-state index contributed by atoms with van der Waals surface area (Å²) in [5, 5.41) is 5.66. The number of fused-ring (bicyclic) bond motifs is 1. The predicted octanol–water partition coefficient (Wildman–Crippen LogP) is 2.35. The number of carbonyl (C=O) groups excluding carboxylic acids is 3. The van der Waals surface area contributed by atoms with E-state index < -0.39 is 0 Å². The number of benzene rings is 2. The van der Waals surface area contributed by atoms with Crippen LogP contribution in [0.3, 0.4) is 0 Å². The molecule has 144 valence electrons. The van der Waals surface area contributed by atoms with Crippen molar-refractivity contribution in [3.63, 3.8) is 0 Å². The maximum Gasteiger partial charge on any atom is 0.251 e. The normalized spacial score (nSPS) is 18.1. The van der Waals surface area contributed by atoms with Gasteiger partial charge < -0.3 is 15.5 Å². The molecular formula is C22H23N3O3. The first kappa shape index (κ1) is 18.2. The lowest BCUT2D eigenvalue weighted by molar-refractivity contribution is -0.121. The summed E-state index contributed by atoms with van der Waals surface area (Å²) in [6, 6.07) is 15.0. The highest BCUT2D eigenvalue weighted by Gasteiger charge is 2.24. The van der Waals surface area contributed by atoms with E-state index >= 15 is 0 Å². The summed E-state index contributed by atoms with van der Waals surface area (Å²) in [5.74, 6) is -0.391. The Bertz CT molecular complexity index is 907. The molecule has 1 saturated heterocycles. The van der Waals surface area contributed by atoms with E-state index in [1.165, 1.54) is 5.56 Å². The first-order chi connectivity index (χ1) is 13.6. The van der Waals surface area contributed by atoms with Crippen molar-refractivity contribution in [2.75, 3.05) is 18.0 Å². The highest BCUT2D eigenvalue weighted by Crippen LogP contribution is 2.30. The van der Waals surface area contributed by atoms with Crippen molar-refractivity contribution < 1.29 is 14.4 Å². The number of hydrogen-bond donors (Lipinski definition) is 2. The quantitative estimate of drug-likeness (QED) is 0.840. The molecule has 1 aliphatic carbocycles. The Kier molecular flexibility index (Phi) is 5.10. The number of carbonyl (C=O) groups is 3. The topological polar surface area (TPSA) is 78.5 Å². The average molecular weight is 377 g/mol. The van der Waals surface area contributed by atoms with Crippen molar-refractivity contribution in [3.05, 3.63) is 65.2 Å². The van der Waals surface area contributed by atoms with Crippen LogP contribution in [0, 0.1) is 0 Å². The van der Waals surface area contributed by atoms with Crippen molar-refractivity contribution in [1.82, 2.24) is 10.6 Å². The van der Waals surface area contributed by atoms with Gasteiger partial charge in [0, 0.05) is 24.2 Å². The van der Waals surface area contributed by atoms with Crippen LogP contribution < -0.4 is 15.5 Å². The third-order valence-corrected chi connectivity index (χ3v) is 5.39. The molecule has 1 atom stereocenters. The van der Waals surface area contributed by atoms with Gasteiger partial charge in [0.05, 0.1) is 12.6 Å². The largest absolute Gasteiger partial charge is 0.348 e. The zero-order valence-corrected chi connectivity index (χ0v) is 15.6. The molecule has 2 N–H and O–H groups in total. The molecule has 1 aliphatic heterocycles. The van der Waals surface area contributed by atoms with Crippen LogP contribution in [0.4, 0.5) is 5.69 Å². The fourth-order valence-electron chi connectivity index (χ4n) is 3.93. The lowest BCUT2D eigenvalue weighted by atomic mass is 10.1. The molecule has 4 rings (SSSR count). The molecule has 3 amide bonds. The van der Waals surface area contributed by atoms with Crippen molar-refractivity contribution in [1.29, 1.82) is 0 Å². The zero-order chi connectivity index (χ0) is 19.5. The Labute approximate surface area is 163 Å². The minimum absolute atomic E-state index is 0.0119. The monoisotopic (exact) mass is 377 g/mol. The number of rotatable bonds is 5. The van der Waals surface area contributed by atoms with Crippen LogP contribution in [-0.4, -0.2) is 30.8 Å². The Hall–Kier alpha value is -3.15. The van der Waals surface area contributed by atoms with Crippen LogP contribution >= 0.6 is 0 Å². The number of hydrogen-bond acceptors (Lipinski definition) is 3. The second kappa shape index (κ2) is 7.84.